The topological polar surface area (TPSA) is 53.6 Å². The minimum Gasteiger partial charge on any atom is -0.491 e. The Labute approximate surface area is 220 Å². The van der Waals surface area contributed by atoms with Gasteiger partial charge in [0, 0.05) is 36.5 Å². The Morgan fingerprint density at radius 3 is 2.16 bits per heavy atom. The number of nitrogens with zero attached hydrogens (tertiary/aromatic N) is 1. The minimum absolute atomic E-state index is 0.128. The van der Waals surface area contributed by atoms with E-state index in [0.717, 1.165) is 53.5 Å². The van der Waals surface area contributed by atoms with Crippen molar-refractivity contribution in [3.63, 3.8) is 0 Å². The predicted molar refractivity (Wildman–Crippen MR) is 153 cm³/mol. The number of hydrogen-bond acceptors (Lipinski definition) is 5. The summed E-state index contributed by atoms with van der Waals surface area (Å²) in [5, 5.41) is 7.33. The van der Waals surface area contributed by atoms with Crippen LogP contribution in [0.15, 0.2) is 84.1 Å². The Morgan fingerprint density at radius 2 is 1.51 bits per heavy atom. The molecule has 0 saturated heterocycles. The number of rotatable bonds is 7. The van der Waals surface area contributed by atoms with Gasteiger partial charge in [-0.15, -0.1) is 0 Å². The number of hydrogen-bond donors (Lipinski definition) is 2. The lowest BCUT2D eigenvalue weighted by Gasteiger charge is -2.30. The number of allylic oxidation sites excluding steroid dienone is 1. The molecular weight excluding hydrogens is 458 g/mol. The van der Waals surface area contributed by atoms with Crippen molar-refractivity contribution in [3.05, 3.63) is 95.2 Å². The summed E-state index contributed by atoms with van der Waals surface area (Å²) >= 11 is 0. The maximum atomic E-state index is 13.8. The lowest BCUT2D eigenvalue weighted by Crippen LogP contribution is -2.27. The summed E-state index contributed by atoms with van der Waals surface area (Å²) in [6.45, 7) is 10.3. The molecule has 5 rings (SSSR count). The highest BCUT2D eigenvalue weighted by Gasteiger charge is 2.36. The fourth-order valence-corrected chi connectivity index (χ4v) is 5.54. The van der Waals surface area contributed by atoms with Crippen molar-refractivity contribution in [2.24, 2.45) is 0 Å². The normalized spacial score (nSPS) is 18.9. The summed E-state index contributed by atoms with van der Waals surface area (Å²) in [6.07, 6.45) is 1.42. The quantitative estimate of drug-likeness (QED) is 0.360. The van der Waals surface area contributed by atoms with Gasteiger partial charge in [-0.2, -0.15) is 0 Å². The molecule has 1 aliphatic carbocycles. The third-order valence-corrected chi connectivity index (χ3v) is 7.39. The van der Waals surface area contributed by atoms with Crippen LogP contribution in [0.4, 0.5) is 17.1 Å². The molecule has 3 aromatic rings. The van der Waals surface area contributed by atoms with E-state index in [1.165, 1.54) is 11.3 Å². The first kappa shape index (κ1) is 24.9. The number of nitrogens with one attached hydrogen (secondary N) is 2. The highest BCUT2D eigenvalue weighted by Crippen LogP contribution is 2.44. The molecule has 2 N–H and O–H groups in total. The minimum atomic E-state index is -0.202. The van der Waals surface area contributed by atoms with Crippen LogP contribution in [-0.4, -0.2) is 25.0 Å². The second-order valence-electron chi connectivity index (χ2n) is 10.2. The van der Waals surface area contributed by atoms with Crippen LogP contribution in [-0.2, 0) is 4.79 Å². The van der Waals surface area contributed by atoms with Gasteiger partial charge in [0.15, 0.2) is 5.78 Å². The van der Waals surface area contributed by atoms with Gasteiger partial charge in [-0.25, -0.2) is 0 Å². The lowest BCUT2D eigenvalue weighted by molar-refractivity contribution is -0.116. The second kappa shape index (κ2) is 10.7. The molecule has 0 spiro atoms. The third-order valence-electron chi connectivity index (χ3n) is 7.39. The van der Waals surface area contributed by atoms with E-state index in [4.69, 9.17) is 4.74 Å². The summed E-state index contributed by atoms with van der Waals surface area (Å²) < 4.78 is 5.82. The Kier molecular flexibility index (Phi) is 7.22. The molecule has 2 atom stereocenters. The van der Waals surface area contributed by atoms with Gasteiger partial charge in [-0.3, -0.25) is 4.79 Å². The van der Waals surface area contributed by atoms with Crippen LogP contribution >= 0.6 is 0 Å². The van der Waals surface area contributed by atoms with Crippen molar-refractivity contribution in [1.82, 2.24) is 0 Å². The molecule has 192 valence electrons. The number of anilines is 3. The average molecular weight is 496 g/mol. The van der Waals surface area contributed by atoms with Crippen LogP contribution in [0.25, 0.3) is 0 Å². The van der Waals surface area contributed by atoms with Crippen LogP contribution in [0.3, 0.4) is 0 Å². The molecular formula is C32H37N3O2. The third kappa shape index (κ3) is 5.22. The first-order valence-electron chi connectivity index (χ1n) is 13.5. The Morgan fingerprint density at radius 1 is 0.865 bits per heavy atom. The van der Waals surface area contributed by atoms with Gasteiger partial charge in [0.1, 0.15) is 5.75 Å². The summed E-state index contributed by atoms with van der Waals surface area (Å²) in [6, 6.07) is 24.9. The summed E-state index contributed by atoms with van der Waals surface area (Å²) in [5.41, 5.74) is 7.35. The van der Waals surface area contributed by atoms with E-state index < -0.39 is 0 Å². The molecule has 0 bridgehead atoms. The monoisotopic (exact) mass is 495 g/mol. The van der Waals surface area contributed by atoms with Gasteiger partial charge in [0.25, 0.3) is 0 Å². The van der Waals surface area contributed by atoms with Crippen molar-refractivity contribution in [2.45, 2.75) is 58.6 Å². The van der Waals surface area contributed by atoms with Crippen molar-refractivity contribution >= 4 is 22.8 Å². The molecule has 0 aromatic heterocycles. The number of benzene rings is 3. The first-order valence-corrected chi connectivity index (χ1v) is 13.5. The summed E-state index contributed by atoms with van der Waals surface area (Å²) in [4.78, 5) is 16.1. The van der Waals surface area contributed by atoms with Crippen LogP contribution in [0, 0.1) is 0 Å². The second-order valence-corrected chi connectivity index (χ2v) is 10.2. The molecule has 0 fully saturated rings. The van der Waals surface area contributed by atoms with Gasteiger partial charge in [-0.1, -0.05) is 36.4 Å². The zero-order valence-electron chi connectivity index (χ0n) is 22.3. The maximum Gasteiger partial charge on any atom is 0.163 e. The molecule has 0 amide bonds. The molecule has 5 heteroatoms. The van der Waals surface area contributed by atoms with E-state index >= 15 is 0 Å². The van der Waals surface area contributed by atoms with Gasteiger partial charge in [0.05, 0.1) is 23.5 Å². The summed E-state index contributed by atoms with van der Waals surface area (Å²) in [7, 11) is 0. The van der Waals surface area contributed by atoms with E-state index in [9.17, 15) is 4.79 Å². The number of fused-ring (bicyclic) bond motifs is 1. The van der Waals surface area contributed by atoms with Crippen LogP contribution in [0.2, 0.25) is 0 Å². The van der Waals surface area contributed by atoms with E-state index in [-0.39, 0.29) is 23.8 Å². The van der Waals surface area contributed by atoms with Gasteiger partial charge in [-0.05, 0) is 87.6 Å². The molecule has 5 nitrogen and oxygen atoms in total. The lowest BCUT2D eigenvalue weighted by atomic mass is 9.78. The highest BCUT2D eigenvalue weighted by atomic mass is 16.5. The van der Waals surface area contributed by atoms with E-state index in [0.29, 0.717) is 6.42 Å². The Balaban J connectivity index is 1.49. The smallest absolute Gasteiger partial charge is 0.163 e. The molecule has 37 heavy (non-hydrogen) atoms. The number of carbonyl (C=O) groups excluding carboxylic acids is 1. The highest BCUT2D eigenvalue weighted by molar-refractivity contribution is 6.01. The SMILES string of the molecule is CCN(CC)c1ccc(C2Nc3ccccc3NC3=C2C(=O)CC(c2ccc(OC(C)C)cc2)C3)cc1. The van der Waals surface area contributed by atoms with E-state index in [1.807, 2.05) is 38.1 Å². The molecule has 3 aromatic carbocycles. The number of ether oxygens (including phenoxy) is 1. The zero-order chi connectivity index (χ0) is 25.9. The summed E-state index contributed by atoms with van der Waals surface area (Å²) in [5.74, 6) is 1.18. The number of ketones is 1. The first-order chi connectivity index (χ1) is 18.0. The van der Waals surface area contributed by atoms with Crippen molar-refractivity contribution in [2.75, 3.05) is 28.6 Å². The largest absolute Gasteiger partial charge is 0.491 e. The number of Topliss-reactive ketones (excluding diaryl/α,β-unsaturated/α-hetero) is 1. The number of para-hydroxylation sites is 2. The fraction of sp³-hybridized carbons (Fsp3) is 0.344. The average Bonchev–Trinajstić information content (AvgIpc) is 3.07. The Hall–Kier alpha value is -3.73. The van der Waals surface area contributed by atoms with Gasteiger partial charge >= 0.3 is 0 Å². The van der Waals surface area contributed by atoms with Crippen molar-refractivity contribution in [1.29, 1.82) is 0 Å². The Bertz CT molecular complexity index is 1270. The van der Waals surface area contributed by atoms with Crippen LogP contribution < -0.4 is 20.3 Å². The van der Waals surface area contributed by atoms with Gasteiger partial charge in [0.2, 0.25) is 0 Å². The molecule has 0 saturated carbocycles. The number of carbonyl (C=O) groups is 1. The van der Waals surface area contributed by atoms with Gasteiger partial charge < -0.3 is 20.3 Å². The molecule has 2 unspecified atom stereocenters. The predicted octanol–water partition coefficient (Wildman–Crippen LogP) is 7.30. The molecule has 1 heterocycles. The fourth-order valence-electron chi connectivity index (χ4n) is 5.54. The van der Waals surface area contributed by atoms with E-state index in [2.05, 4.69) is 77.9 Å². The molecule has 0 radical (unpaired) electrons. The van der Waals surface area contributed by atoms with Crippen LogP contribution in [0.5, 0.6) is 5.75 Å². The van der Waals surface area contributed by atoms with E-state index in [1.54, 1.807) is 0 Å². The maximum absolute atomic E-state index is 13.8. The van der Waals surface area contributed by atoms with Crippen molar-refractivity contribution in [3.8, 4) is 5.75 Å². The van der Waals surface area contributed by atoms with Crippen LogP contribution in [0.1, 0.15) is 63.6 Å². The molecule has 2 aliphatic rings. The van der Waals surface area contributed by atoms with Crippen molar-refractivity contribution < 1.29 is 9.53 Å². The zero-order valence-corrected chi connectivity index (χ0v) is 22.3. The standard InChI is InChI=1S/C32H37N3O2/c1-5-35(6-2)25-15-11-23(12-16-25)32-31-29(33-27-9-7-8-10-28(27)34-32)19-24(20-30(31)36)22-13-17-26(18-14-22)37-21(3)4/h7-18,21,24,32-34H,5-6,19-20H2,1-4H3. The molecule has 1 aliphatic heterocycles.